The Morgan fingerprint density at radius 1 is 1.33 bits per heavy atom. The predicted molar refractivity (Wildman–Crippen MR) is 98.9 cm³/mol. The molecule has 1 amide bonds. The van der Waals surface area contributed by atoms with E-state index in [1.165, 1.54) is 0 Å². The molecule has 1 aliphatic carbocycles. The average Bonchev–Trinajstić information content (AvgIpc) is 3.43. The van der Waals surface area contributed by atoms with Crippen LogP contribution in [0.1, 0.15) is 40.5 Å². The Morgan fingerprint density at radius 2 is 2.15 bits per heavy atom. The second kappa shape index (κ2) is 7.00. The van der Waals surface area contributed by atoms with Crippen molar-refractivity contribution in [2.24, 2.45) is 0 Å². The molecule has 138 valence electrons. The first-order valence-corrected chi connectivity index (χ1v) is 8.88. The van der Waals surface area contributed by atoms with E-state index >= 15 is 0 Å². The van der Waals surface area contributed by atoms with Crippen LogP contribution in [0.25, 0.3) is 11.1 Å². The summed E-state index contributed by atoms with van der Waals surface area (Å²) in [6.07, 6.45) is 2.06. The molecule has 8 heteroatoms. The van der Waals surface area contributed by atoms with Gasteiger partial charge in [0.1, 0.15) is 0 Å². The summed E-state index contributed by atoms with van der Waals surface area (Å²) in [5.41, 5.74) is 2.49. The van der Waals surface area contributed by atoms with Crippen LogP contribution < -0.4 is 5.32 Å². The molecule has 2 heterocycles. The number of carbonyl (C=O) groups excluding carboxylic acids is 2. The summed E-state index contributed by atoms with van der Waals surface area (Å²) in [6, 6.07) is 8.42. The minimum atomic E-state index is -0.614. The number of hydrogen-bond acceptors (Lipinski definition) is 6. The number of amides is 1. The van der Waals surface area contributed by atoms with E-state index < -0.39 is 18.5 Å². The summed E-state index contributed by atoms with van der Waals surface area (Å²) in [4.78, 5) is 29.1. The zero-order chi connectivity index (χ0) is 19.0. The third-order valence-electron chi connectivity index (χ3n) is 4.30. The highest BCUT2D eigenvalue weighted by Crippen LogP contribution is 2.40. The third-order valence-corrected chi connectivity index (χ3v) is 4.53. The Kier molecular flexibility index (Phi) is 4.53. The van der Waals surface area contributed by atoms with Gasteiger partial charge in [-0.3, -0.25) is 4.79 Å². The molecule has 1 N–H and O–H groups in total. The SMILES string of the molecule is Cc1noc2nc(C3CC3)cc(C(=O)OCC(=O)Nc3cccc(Cl)c3)c12. The van der Waals surface area contributed by atoms with E-state index in [4.69, 9.17) is 20.9 Å². The van der Waals surface area contributed by atoms with E-state index in [2.05, 4.69) is 15.5 Å². The van der Waals surface area contributed by atoms with Gasteiger partial charge in [-0.25, -0.2) is 9.78 Å². The smallest absolute Gasteiger partial charge is 0.339 e. The van der Waals surface area contributed by atoms with Crippen LogP contribution in [0, 0.1) is 6.92 Å². The van der Waals surface area contributed by atoms with E-state index in [0.717, 1.165) is 18.5 Å². The minimum Gasteiger partial charge on any atom is -0.452 e. The van der Waals surface area contributed by atoms with Crippen molar-refractivity contribution in [3.05, 3.63) is 52.3 Å². The number of ether oxygens (including phenoxy) is 1. The monoisotopic (exact) mass is 385 g/mol. The average molecular weight is 386 g/mol. The molecule has 0 bridgehead atoms. The maximum absolute atomic E-state index is 12.6. The van der Waals surface area contributed by atoms with Crippen LogP contribution in [-0.2, 0) is 9.53 Å². The molecule has 1 aliphatic rings. The van der Waals surface area contributed by atoms with Crippen molar-refractivity contribution in [3.63, 3.8) is 0 Å². The van der Waals surface area contributed by atoms with Crippen LogP contribution in [0.3, 0.4) is 0 Å². The number of carbonyl (C=O) groups is 2. The van der Waals surface area contributed by atoms with Crippen molar-refractivity contribution in [2.45, 2.75) is 25.7 Å². The van der Waals surface area contributed by atoms with E-state index in [1.54, 1.807) is 37.3 Å². The number of anilines is 1. The summed E-state index contributed by atoms with van der Waals surface area (Å²) < 4.78 is 10.4. The third kappa shape index (κ3) is 3.78. The van der Waals surface area contributed by atoms with Crippen LogP contribution >= 0.6 is 11.6 Å². The van der Waals surface area contributed by atoms with Gasteiger partial charge in [-0.1, -0.05) is 22.8 Å². The number of halogens is 1. The topological polar surface area (TPSA) is 94.3 Å². The van der Waals surface area contributed by atoms with Crippen molar-refractivity contribution >= 4 is 40.3 Å². The summed E-state index contributed by atoms with van der Waals surface area (Å²) in [5, 5.41) is 7.52. The van der Waals surface area contributed by atoms with Crippen LogP contribution in [0.2, 0.25) is 5.02 Å². The molecular weight excluding hydrogens is 370 g/mol. The van der Waals surface area contributed by atoms with Gasteiger partial charge in [0.15, 0.2) is 6.61 Å². The molecule has 0 saturated heterocycles. The first-order chi connectivity index (χ1) is 13.0. The predicted octanol–water partition coefficient (Wildman–Crippen LogP) is 3.86. The number of nitrogens with zero attached hydrogens (tertiary/aromatic N) is 2. The lowest BCUT2D eigenvalue weighted by Gasteiger charge is -2.08. The number of fused-ring (bicyclic) bond motifs is 1. The van der Waals surface area contributed by atoms with Gasteiger partial charge in [0.05, 0.1) is 16.6 Å². The number of hydrogen-bond donors (Lipinski definition) is 1. The molecule has 7 nitrogen and oxygen atoms in total. The molecule has 0 unspecified atom stereocenters. The van der Waals surface area contributed by atoms with Gasteiger partial charge in [0.25, 0.3) is 11.6 Å². The highest BCUT2D eigenvalue weighted by Gasteiger charge is 2.29. The van der Waals surface area contributed by atoms with Crippen LogP contribution in [0.4, 0.5) is 5.69 Å². The van der Waals surface area contributed by atoms with Crippen LogP contribution in [0.5, 0.6) is 0 Å². The lowest BCUT2D eigenvalue weighted by atomic mass is 10.1. The quantitative estimate of drug-likeness (QED) is 0.670. The Morgan fingerprint density at radius 3 is 2.89 bits per heavy atom. The molecule has 3 aromatic rings. The molecule has 0 spiro atoms. The molecular formula is C19H16ClN3O4. The number of rotatable bonds is 5. The largest absolute Gasteiger partial charge is 0.452 e. The summed E-state index contributed by atoms with van der Waals surface area (Å²) >= 11 is 5.88. The molecule has 4 rings (SSSR count). The fourth-order valence-electron chi connectivity index (χ4n) is 2.84. The van der Waals surface area contributed by atoms with Gasteiger partial charge in [-0.15, -0.1) is 0 Å². The first-order valence-electron chi connectivity index (χ1n) is 8.50. The number of nitrogens with one attached hydrogen (secondary N) is 1. The summed E-state index contributed by atoms with van der Waals surface area (Å²) in [5.74, 6) is -0.741. The van der Waals surface area contributed by atoms with Gasteiger partial charge in [-0.2, -0.15) is 0 Å². The van der Waals surface area contributed by atoms with Crippen molar-refractivity contribution in [2.75, 3.05) is 11.9 Å². The molecule has 1 fully saturated rings. The fourth-order valence-corrected chi connectivity index (χ4v) is 3.03. The molecule has 2 aromatic heterocycles. The van der Waals surface area contributed by atoms with Crippen molar-refractivity contribution in [1.82, 2.24) is 10.1 Å². The second-order valence-electron chi connectivity index (χ2n) is 6.45. The van der Waals surface area contributed by atoms with Crippen molar-refractivity contribution < 1.29 is 18.8 Å². The van der Waals surface area contributed by atoms with E-state index in [9.17, 15) is 9.59 Å². The Labute approximate surface area is 159 Å². The lowest BCUT2D eigenvalue weighted by molar-refractivity contribution is -0.119. The summed E-state index contributed by atoms with van der Waals surface area (Å²) in [7, 11) is 0. The van der Waals surface area contributed by atoms with Crippen LogP contribution in [-0.4, -0.2) is 28.6 Å². The number of esters is 1. The minimum absolute atomic E-state index is 0.312. The van der Waals surface area contributed by atoms with E-state index in [0.29, 0.717) is 39.0 Å². The van der Waals surface area contributed by atoms with Crippen molar-refractivity contribution in [3.8, 4) is 0 Å². The molecule has 1 aromatic carbocycles. The van der Waals surface area contributed by atoms with Crippen molar-refractivity contribution in [1.29, 1.82) is 0 Å². The zero-order valence-electron chi connectivity index (χ0n) is 14.5. The number of aryl methyl sites for hydroxylation is 1. The van der Waals surface area contributed by atoms with Gasteiger partial charge in [0, 0.05) is 22.3 Å². The Balaban J connectivity index is 1.49. The van der Waals surface area contributed by atoms with E-state index in [1.807, 2.05) is 0 Å². The maximum Gasteiger partial charge on any atom is 0.339 e. The second-order valence-corrected chi connectivity index (χ2v) is 6.89. The molecule has 27 heavy (non-hydrogen) atoms. The maximum atomic E-state index is 12.6. The first kappa shape index (κ1) is 17.5. The number of aromatic nitrogens is 2. The summed E-state index contributed by atoms with van der Waals surface area (Å²) in [6.45, 7) is 1.31. The van der Waals surface area contributed by atoms with Gasteiger partial charge in [-0.05, 0) is 44.0 Å². The molecule has 0 radical (unpaired) electrons. The number of pyridine rings is 1. The fraction of sp³-hybridized carbons (Fsp3) is 0.263. The zero-order valence-corrected chi connectivity index (χ0v) is 15.2. The van der Waals surface area contributed by atoms with Gasteiger partial charge in [0.2, 0.25) is 0 Å². The van der Waals surface area contributed by atoms with Crippen LogP contribution in [0.15, 0.2) is 34.9 Å². The molecule has 0 aliphatic heterocycles. The van der Waals surface area contributed by atoms with Gasteiger partial charge < -0.3 is 14.6 Å². The normalized spacial score (nSPS) is 13.6. The Bertz CT molecular complexity index is 1040. The highest BCUT2D eigenvalue weighted by molar-refractivity contribution is 6.30. The molecule has 0 atom stereocenters. The molecule has 1 saturated carbocycles. The number of benzene rings is 1. The standard InChI is InChI=1S/C19H16ClN3O4/c1-10-17-14(8-15(11-5-6-11)22-18(17)27-23-10)19(25)26-9-16(24)21-13-4-2-3-12(20)7-13/h2-4,7-8,11H,5-6,9H2,1H3,(H,21,24). The van der Waals surface area contributed by atoms with Gasteiger partial charge >= 0.3 is 5.97 Å². The van der Waals surface area contributed by atoms with E-state index in [-0.39, 0.29) is 0 Å². The highest BCUT2D eigenvalue weighted by atomic mass is 35.5. The Hall–Kier alpha value is -2.93. The lowest BCUT2D eigenvalue weighted by Crippen LogP contribution is -2.21.